The Bertz CT molecular complexity index is 597. The lowest BCUT2D eigenvalue weighted by Crippen LogP contribution is -2.49. The Hall–Kier alpha value is -0.890. The summed E-state index contributed by atoms with van der Waals surface area (Å²) in [6, 6.07) is 0. The molecule has 2 fully saturated rings. The summed E-state index contributed by atoms with van der Waals surface area (Å²) in [4.78, 5) is 11.8. The Kier molecular flexibility index (Phi) is 2.90. The Morgan fingerprint density at radius 2 is 1.91 bits per heavy atom. The third-order valence-electron chi connectivity index (χ3n) is 7.90. The predicted molar refractivity (Wildman–Crippen MR) is 87.3 cm³/mol. The predicted octanol–water partition coefficient (Wildman–Crippen LogP) is 4.19. The summed E-state index contributed by atoms with van der Waals surface area (Å²) < 4.78 is 0. The van der Waals surface area contributed by atoms with Gasteiger partial charge in [-0.3, -0.25) is 4.79 Å². The fourth-order valence-corrected chi connectivity index (χ4v) is 6.09. The minimum absolute atomic E-state index is 0.0310. The van der Waals surface area contributed by atoms with Crippen LogP contribution in [0.1, 0.15) is 65.7 Å². The lowest BCUT2D eigenvalue weighted by atomic mass is 9.51. The van der Waals surface area contributed by atoms with Crippen LogP contribution in [-0.4, -0.2) is 16.5 Å². The number of carbonyl (C=O) groups is 1. The molecule has 2 heteroatoms. The molecule has 0 radical (unpaired) electrons. The van der Waals surface area contributed by atoms with E-state index < -0.39 is 5.60 Å². The molecule has 120 valence electrons. The molecular formula is C20H28O2. The minimum atomic E-state index is -0.529. The summed E-state index contributed by atoms with van der Waals surface area (Å²) in [6.07, 6.45) is 11.4. The van der Waals surface area contributed by atoms with Gasteiger partial charge in [0.05, 0.1) is 5.60 Å². The highest BCUT2D eigenvalue weighted by molar-refractivity contribution is 5.92. The highest BCUT2D eigenvalue weighted by atomic mass is 16.3. The highest BCUT2D eigenvalue weighted by Gasteiger charge is 2.59. The number of fused-ring (bicyclic) bond motifs is 5. The minimum Gasteiger partial charge on any atom is -0.390 e. The SMILES string of the molecule is C[C@]12CCC(=O)C=C1CCC1C2=CC[C@@]2(C)C1CC[C@]2(C)O. The highest BCUT2D eigenvalue weighted by Crippen LogP contribution is 2.65. The van der Waals surface area contributed by atoms with Gasteiger partial charge in [-0.1, -0.05) is 31.1 Å². The van der Waals surface area contributed by atoms with Crippen LogP contribution in [0.5, 0.6) is 0 Å². The molecule has 0 aromatic heterocycles. The van der Waals surface area contributed by atoms with Gasteiger partial charge in [0.25, 0.3) is 0 Å². The number of allylic oxidation sites excluding steroid dienone is 4. The van der Waals surface area contributed by atoms with Crippen molar-refractivity contribution in [1.82, 2.24) is 0 Å². The maximum atomic E-state index is 11.8. The van der Waals surface area contributed by atoms with Crippen molar-refractivity contribution in [3.8, 4) is 0 Å². The first-order valence-corrected chi connectivity index (χ1v) is 8.95. The van der Waals surface area contributed by atoms with E-state index in [4.69, 9.17) is 0 Å². The van der Waals surface area contributed by atoms with Crippen LogP contribution >= 0.6 is 0 Å². The zero-order chi connectivity index (χ0) is 15.8. The maximum Gasteiger partial charge on any atom is 0.155 e. The number of carbonyl (C=O) groups excluding carboxylic acids is 1. The van der Waals surface area contributed by atoms with Gasteiger partial charge in [-0.05, 0) is 63.4 Å². The van der Waals surface area contributed by atoms with Crippen LogP contribution < -0.4 is 0 Å². The molecule has 0 spiro atoms. The van der Waals surface area contributed by atoms with Crippen molar-refractivity contribution in [3.05, 3.63) is 23.3 Å². The fourth-order valence-electron chi connectivity index (χ4n) is 6.09. The monoisotopic (exact) mass is 300 g/mol. The lowest BCUT2D eigenvalue weighted by molar-refractivity contribution is -0.115. The van der Waals surface area contributed by atoms with Gasteiger partial charge in [0.2, 0.25) is 0 Å². The molecular weight excluding hydrogens is 272 g/mol. The second kappa shape index (κ2) is 4.35. The molecule has 2 unspecified atom stereocenters. The van der Waals surface area contributed by atoms with Crippen LogP contribution in [0.25, 0.3) is 0 Å². The first-order chi connectivity index (χ1) is 10.3. The molecule has 4 aliphatic carbocycles. The molecule has 0 heterocycles. The zero-order valence-corrected chi connectivity index (χ0v) is 14.1. The van der Waals surface area contributed by atoms with Crippen molar-refractivity contribution in [2.24, 2.45) is 22.7 Å². The molecule has 0 aromatic carbocycles. The molecule has 0 bridgehead atoms. The standard InChI is InChI=1S/C20H28O2/c1-18-9-6-14(21)12-13(18)4-5-15-16(18)7-10-19(2)17(15)8-11-20(19,3)22/h7,12,15,17,22H,4-6,8-11H2,1-3H3/t15?,17?,18-,19-,20-/m0/s1. The van der Waals surface area contributed by atoms with E-state index in [1.807, 2.05) is 13.0 Å². The summed E-state index contributed by atoms with van der Waals surface area (Å²) in [5, 5.41) is 10.9. The van der Waals surface area contributed by atoms with Crippen LogP contribution in [0.15, 0.2) is 23.3 Å². The van der Waals surface area contributed by atoms with Crippen LogP contribution in [0, 0.1) is 22.7 Å². The molecule has 4 aliphatic rings. The zero-order valence-electron chi connectivity index (χ0n) is 14.1. The number of hydrogen-bond acceptors (Lipinski definition) is 2. The third-order valence-corrected chi connectivity index (χ3v) is 7.90. The van der Waals surface area contributed by atoms with E-state index >= 15 is 0 Å². The topological polar surface area (TPSA) is 37.3 Å². The molecule has 2 saturated carbocycles. The van der Waals surface area contributed by atoms with E-state index in [2.05, 4.69) is 19.9 Å². The van der Waals surface area contributed by atoms with Crippen molar-refractivity contribution < 1.29 is 9.90 Å². The molecule has 0 saturated heterocycles. The van der Waals surface area contributed by atoms with Crippen molar-refractivity contribution in [2.45, 2.75) is 71.3 Å². The molecule has 0 aromatic rings. The second-order valence-electron chi connectivity index (χ2n) is 8.81. The molecule has 1 N–H and O–H groups in total. The normalized spacial score (nSPS) is 50.6. The molecule has 22 heavy (non-hydrogen) atoms. The van der Waals surface area contributed by atoms with Gasteiger partial charge in [0.1, 0.15) is 0 Å². The van der Waals surface area contributed by atoms with Crippen molar-refractivity contribution in [1.29, 1.82) is 0 Å². The summed E-state index contributed by atoms with van der Waals surface area (Å²) >= 11 is 0. The number of aliphatic hydroxyl groups is 1. The van der Waals surface area contributed by atoms with E-state index in [9.17, 15) is 9.90 Å². The average Bonchev–Trinajstić information content (AvgIpc) is 2.70. The van der Waals surface area contributed by atoms with Crippen LogP contribution in [0.3, 0.4) is 0 Å². The van der Waals surface area contributed by atoms with Gasteiger partial charge in [0.15, 0.2) is 5.78 Å². The molecule has 4 rings (SSSR count). The Labute approximate surface area is 133 Å². The number of ketones is 1. The van der Waals surface area contributed by atoms with Gasteiger partial charge in [-0.25, -0.2) is 0 Å². The van der Waals surface area contributed by atoms with E-state index in [0.717, 1.165) is 38.5 Å². The summed E-state index contributed by atoms with van der Waals surface area (Å²) in [6.45, 7) is 6.70. The van der Waals surface area contributed by atoms with Crippen LogP contribution in [0.4, 0.5) is 0 Å². The third kappa shape index (κ3) is 1.68. The molecule has 5 atom stereocenters. The lowest BCUT2D eigenvalue weighted by Gasteiger charge is -2.54. The van der Waals surface area contributed by atoms with Crippen molar-refractivity contribution >= 4 is 5.78 Å². The largest absolute Gasteiger partial charge is 0.390 e. The van der Waals surface area contributed by atoms with Gasteiger partial charge in [-0.15, -0.1) is 0 Å². The quantitative estimate of drug-likeness (QED) is 0.681. The maximum absolute atomic E-state index is 11.8. The van der Waals surface area contributed by atoms with E-state index in [0.29, 0.717) is 24.0 Å². The smallest absolute Gasteiger partial charge is 0.155 e. The molecule has 2 nitrogen and oxygen atoms in total. The Morgan fingerprint density at radius 1 is 1.14 bits per heavy atom. The second-order valence-corrected chi connectivity index (χ2v) is 8.81. The number of hydrogen-bond donors (Lipinski definition) is 1. The molecule has 0 amide bonds. The van der Waals surface area contributed by atoms with Crippen LogP contribution in [-0.2, 0) is 4.79 Å². The first-order valence-electron chi connectivity index (χ1n) is 8.95. The number of rotatable bonds is 0. The van der Waals surface area contributed by atoms with E-state index in [1.165, 1.54) is 5.57 Å². The average molecular weight is 300 g/mol. The van der Waals surface area contributed by atoms with E-state index in [1.54, 1.807) is 5.57 Å². The molecule has 0 aliphatic heterocycles. The van der Waals surface area contributed by atoms with Crippen molar-refractivity contribution in [2.75, 3.05) is 0 Å². The summed E-state index contributed by atoms with van der Waals surface area (Å²) in [5.41, 5.74) is 2.59. The van der Waals surface area contributed by atoms with Crippen molar-refractivity contribution in [3.63, 3.8) is 0 Å². The van der Waals surface area contributed by atoms with Gasteiger partial charge < -0.3 is 5.11 Å². The summed E-state index contributed by atoms with van der Waals surface area (Å²) in [5.74, 6) is 1.54. The van der Waals surface area contributed by atoms with Gasteiger partial charge in [0, 0.05) is 17.3 Å². The fraction of sp³-hybridized carbons (Fsp3) is 0.750. The van der Waals surface area contributed by atoms with Gasteiger partial charge in [-0.2, -0.15) is 0 Å². The van der Waals surface area contributed by atoms with Gasteiger partial charge >= 0.3 is 0 Å². The van der Waals surface area contributed by atoms with Crippen LogP contribution in [0.2, 0.25) is 0 Å². The summed E-state index contributed by atoms with van der Waals surface area (Å²) in [7, 11) is 0. The first kappa shape index (κ1) is 14.7. The van der Waals surface area contributed by atoms with E-state index in [-0.39, 0.29) is 10.8 Å². The Morgan fingerprint density at radius 3 is 2.68 bits per heavy atom. The Balaban J connectivity index is 1.77.